The highest BCUT2D eigenvalue weighted by molar-refractivity contribution is 6.36. The van der Waals surface area contributed by atoms with Gasteiger partial charge in [0.1, 0.15) is 0 Å². The van der Waals surface area contributed by atoms with E-state index < -0.39 is 0 Å². The van der Waals surface area contributed by atoms with Crippen LogP contribution in [0, 0.1) is 0 Å². The molecule has 2 amide bonds. The maximum Gasteiger partial charge on any atom is 0.251 e. The van der Waals surface area contributed by atoms with Crippen molar-refractivity contribution in [1.29, 1.82) is 0 Å². The summed E-state index contributed by atoms with van der Waals surface area (Å²) in [6.07, 6.45) is 3.65. The summed E-state index contributed by atoms with van der Waals surface area (Å²) >= 11 is 12.3. The second-order valence-corrected chi connectivity index (χ2v) is 7.40. The first-order chi connectivity index (χ1) is 14.0. The quantitative estimate of drug-likeness (QED) is 0.231. The molecule has 0 radical (unpaired) electrons. The lowest BCUT2D eigenvalue weighted by molar-refractivity contribution is -0.129. The summed E-state index contributed by atoms with van der Waals surface area (Å²) in [6.45, 7) is 1.07. The molecular formula is C21H25Cl2N3O3. The van der Waals surface area contributed by atoms with Crippen LogP contribution in [0.5, 0.6) is 0 Å². The summed E-state index contributed by atoms with van der Waals surface area (Å²) in [4.78, 5) is 23.1. The number of amides is 2. The lowest BCUT2D eigenvalue weighted by Gasteiger charge is -2.10. The van der Waals surface area contributed by atoms with Crippen LogP contribution >= 0.6 is 23.2 Å². The number of rotatable bonds is 11. The highest BCUT2D eigenvalue weighted by atomic mass is 35.5. The van der Waals surface area contributed by atoms with Gasteiger partial charge in [0.25, 0.3) is 5.91 Å². The second kappa shape index (κ2) is 12.3. The molecule has 0 aliphatic carbocycles. The van der Waals surface area contributed by atoms with Gasteiger partial charge in [0.05, 0.1) is 0 Å². The maximum absolute atomic E-state index is 12.2. The molecule has 0 bridgehead atoms. The van der Waals surface area contributed by atoms with Crippen molar-refractivity contribution in [3.8, 4) is 0 Å². The molecule has 29 heavy (non-hydrogen) atoms. The van der Waals surface area contributed by atoms with E-state index in [0.29, 0.717) is 41.5 Å². The van der Waals surface area contributed by atoms with E-state index in [2.05, 4.69) is 10.6 Å². The third kappa shape index (κ3) is 7.93. The van der Waals surface area contributed by atoms with E-state index in [-0.39, 0.29) is 11.8 Å². The van der Waals surface area contributed by atoms with E-state index in [1.54, 1.807) is 35.8 Å². The topological polar surface area (TPSA) is 90.5 Å². The van der Waals surface area contributed by atoms with Crippen molar-refractivity contribution < 1.29 is 14.8 Å². The average Bonchev–Trinajstić information content (AvgIpc) is 2.72. The normalized spacial score (nSPS) is 10.4. The van der Waals surface area contributed by atoms with Gasteiger partial charge in [0.2, 0.25) is 5.91 Å². The zero-order valence-corrected chi connectivity index (χ0v) is 17.5. The molecule has 2 aromatic carbocycles. The summed E-state index contributed by atoms with van der Waals surface area (Å²) in [5, 5.41) is 15.8. The molecule has 2 rings (SSSR count). The standard InChI is InChI=1S/C21H25Cl2N3O3/c22-18-6-5-7-19(23)17(18)14-25-16-11-9-15(10-12-16)21(28)24-13-4-2-1-3-8-20(27)26-29/h5-7,9-12,25,29H,1-4,8,13-14H2,(H,24,28)(H,26,27). The van der Waals surface area contributed by atoms with E-state index in [9.17, 15) is 9.59 Å². The third-order valence-corrected chi connectivity index (χ3v) is 5.13. The molecule has 0 aliphatic rings. The Kier molecular flexibility index (Phi) is 9.77. The fraction of sp³-hybridized carbons (Fsp3) is 0.333. The van der Waals surface area contributed by atoms with Crippen LogP contribution in [0.2, 0.25) is 10.0 Å². The van der Waals surface area contributed by atoms with Gasteiger partial charge < -0.3 is 10.6 Å². The van der Waals surface area contributed by atoms with E-state index in [0.717, 1.165) is 30.5 Å². The minimum atomic E-state index is -0.369. The number of hydrogen-bond donors (Lipinski definition) is 4. The van der Waals surface area contributed by atoms with Crippen molar-refractivity contribution in [2.45, 2.75) is 38.6 Å². The van der Waals surface area contributed by atoms with Crippen molar-refractivity contribution in [3.05, 3.63) is 63.6 Å². The van der Waals surface area contributed by atoms with E-state index in [1.165, 1.54) is 0 Å². The third-order valence-electron chi connectivity index (χ3n) is 4.42. The first-order valence-electron chi connectivity index (χ1n) is 9.49. The number of hydroxylamine groups is 1. The Morgan fingerprint density at radius 3 is 2.21 bits per heavy atom. The summed E-state index contributed by atoms with van der Waals surface area (Å²) in [5.41, 5.74) is 3.90. The lowest BCUT2D eigenvalue weighted by Crippen LogP contribution is -2.24. The molecular weight excluding hydrogens is 413 g/mol. The van der Waals surface area contributed by atoms with Crippen molar-refractivity contribution in [2.75, 3.05) is 11.9 Å². The molecule has 0 saturated heterocycles. The Hall–Kier alpha value is -2.28. The lowest BCUT2D eigenvalue weighted by atomic mass is 10.1. The molecule has 0 fully saturated rings. The number of carbonyl (C=O) groups is 2. The zero-order chi connectivity index (χ0) is 21.1. The average molecular weight is 438 g/mol. The second-order valence-electron chi connectivity index (χ2n) is 6.59. The molecule has 2 aromatic rings. The van der Waals surface area contributed by atoms with Crippen LogP contribution in [0.15, 0.2) is 42.5 Å². The van der Waals surface area contributed by atoms with Gasteiger partial charge in [-0.25, -0.2) is 5.48 Å². The van der Waals surface area contributed by atoms with Crippen LogP contribution in [0.1, 0.15) is 48.0 Å². The van der Waals surface area contributed by atoms with Gasteiger partial charge in [-0.2, -0.15) is 0 Å². The van der Waals surface area contributed by atoms with Gasteiger partial charge in [-0.05, 0) is 49.2 Å². The van der Waals surface area contributed by atoms with Crippen molar-refractivity contribution in [1.82, 2.24) is 10.8 Å². The number of anilines is 1. The molecule has 0 aliphatic heterocycles. The first kappa shape index (κ1) is 23.0. The number of nitrogens with one attached hydrogen (secondary N) is 3. The molecule has 0 atom stereocenters. The minimum Gasteiger partial charge on any atom is -0.381 e. The van der Waals surface area contributed by atoms with Crippen LogP contribution < -0.4 is 16.1 Å². The summed E-state index contributed by atoms with van der Waals surface area (Å²) in [6, 6.07) is 12.6. The number of unbranched alkanes of at least 4 members (excludes halogenated alkanes) is 3. The Morgan fingerprint density at radius 1 is 0.897 bits per heavy atom. The van der Waals surface area contributed by atoms with Gasteiger partial charge in [-0.1, -0.05) is 42.1 Å². The first-order valence-corrected chi connectivity index (χ1v) is 10.2. The van der Waals surface area contributed by atoms with E-state index in [1.807, 2.05) is 12.1 Å². The monoisotopic (exact) mass is 437 g/mol. The molecule has 0 spiro atoms. The molecule has 4 N–H and O–H groups in total. The Labute approximate surface area is 180 Å². The van der Waals surface area contributed by atoms with Crippen molar-refractivity contribution in [2.24, 2.45) is 0 Å². The van der Waals surface area contributed by atoms with Gasteiger partial charge in [0, 0.05) is 46.4 Å². The summed E-state index contributed by atoms with van der Waals surface area (Å²) in [7, 11) is 0. The van der Waals surface area contributed by atoms with E-state index >= 15 is 0 Å². The van der Waals surface area contributed by atoms with Gasteiger partial charge in [-0.3, -0.25) is 14.8 Å². The highest BCUT2D eigenvalue weighted by Gasteiger charge is 2.07. The predicted molar refractivity (Wildman–Crippen MR) is 116 cm³/mol. The summed E-state index contributed by atoms with van der Waals surface area (Å²) < 4.78 is 0. The minimum absolute atomic E-state index is 0.120. The number of carbonyl (C=O) groups excluding carboxylic acids is 2. The number of benzene rings is 2. The van der Waals surface area contributed by atoms with Crippen LogP contribution in [-0.4, -0.2) is 23.6 Å². The van der Waals surface area contributed by atoms with Crippen LogP contribution in [0.3, 0.4) is 0 Å². The fourth-order valence-electron chi connectivity index (χ4n) is 2.76. The van der Waals surface area contributed by atoms with Crippen LogP contribution in [0.25, 0.3) is 0 Å². The molecule has 6 nitrogen and oxygen atoms in total. The van der Waals surface area contributed by atoms with Crippen molar-refractivity contribution in [3.63, 3.8) is 0 Å². The van der Waals surface area contributed by atoms with Crippen molar-refractivity contribution >= 4 is 40.7 Å². The van der Waals surface area contributed by atoms with Crippen LogP contribution in [-0.2, 0) is 11.3 Å². The molecule has 156 valence electrons. The molecule has 0 saturated carbocycles. The predicted octanol–water partition coefficient (Wildman–Crippen LogP) is 4.79. The zero-order valence-electron chi connectivity index (χ0n) is 16.0. The molecule has 0 aromatic heterocycles. The van der Waals surface area contributed by atoms with Gasteiger partial charge in [-0.15, -0.1) is 0 Å². The molecule has 8 heteroatoms. The Balaban J connectivity index is 1.69. The Morgan fingerprint density at radius 2 is 1.55 bits per heavy atom. The largest absolute Gasteiger partial charge is 0.381 e. The summed E-state index contributed by atoms with van der Waals surface area (Å²) in [5.74, 6) is -0.489. The van der Waals surface area contributed by atoms with E-state index in [4.69, 9.17) is 28.4 Å². The fourth-order valence-corrected chi connectivity index (χ4v) is 3.29. The molecule has 0 unspecified atom stereocenters. The maximum atomic E-state index is 12.2. The smallest absolute Gasteiger partial charge is 0.251 e. The molecule has 0 heterocycles. The number of halogens is 2. The number of hydrogen-bond acceptors (Lipinski definition) is 4. The Bertz CT molecular complexity index is 793. The SMILES string of the molecule is O=C(CCCCCCNC(=O)c1ccc(NCc2c(Cl)cccc2Cl)cc1)NO. The van der Waals surface area contributed by atoms with Crippen LogP contribution in [0.4, 0.5) is 5.69 Å². The van der Waals surface area contributed by atoms with Gasteiger partial charge in [0.15, 0.2) is 0 Å². The van der Waals surface area contributed by atoms with Gasteiger partial charge >= 0.3 is 0 Å². The highest BCUT2D eigenvalue weighted by Crippen LogP contribution is 2.25.